The molecule has 2 aromatic heterocycles. The fourth-order valence-electron chi connectivity index (χ4n) is 3.27. The third-order valence-electron chi connectivity index (χ3n) is 4.44. The molecule has 1 atom stereocenters. The molecule has 3 heterocycles. The van der Waals surface area contributed by atoms with Crippen molar-refractivity contribution in [1.29, 1.82) is 0 Å². The van der Waals surface area contributed by atoms with Gasteiger partial charge in [-0.15, -0.1) is 0 Å². The first-order valence-electron chi connectivity index (χ1n) is 8.99. The van der Waals surface area contributed by atoms with Gasteiger partial charge in [0.25, 0.3) is 5.91 Å². The third-order valence-corrected chi connectivity index (χ3v) is 4.44. The van der Waals surface area contributed by atoms with Crippen molar-refractivity contribution in [2.45, 2.75) is 51.7 Å². The highest BCUT2D eigenvalue weighted by Gasteiger charge is 2.27. The van der Waals surface area contributed by atoms with Crippen LogP contribution in [0.3, 0.4) is 0 Å². The van der Waals surface area contributed by atoms with Crippen molar-refractivity contribution in [3.63, 3.8) is 0 Å². The molecule has 1 amide bonds. The van der Waals surface area contributed by atoms with E-state index in [4.69, 9.17) is 4.74 Å². The minimum atomic E-state index is 0.0345. The van der Waals surface area contributed by atoms with Gasteiger partial charge in [0.05, 0.1) is 17.7 Å². The molecular weight excluding hydrogens is 314 g/mol. The molecule has 0 aliphatic carbocycles. The standard InChI is InChI=1S/C20H25N3O2/c1-15(2)25-19-8-7-17(14-22-19)20(24)23-13-5-3-4-6-18(23)16-9-11-21-12-10-16/h7-12,14-15,18H,3-6,13H2,1-2H3. The number of pyridine rings is 2. The third kappa shape index (κ3) is 4.35. The summed E-state index contributed by atoms with van der Waals surface area (Å²) in [4.78, 5) is 23.5. The number of likely N-dealkylation sites (tertiary alicyclic amines) is 1. The Labute approximate surface area is 149 Å². The number of amides is 1. The molecule has 2 aromatic rings. The molecule has 1 saturated heterocycles. The Morgan fingerprint density at radius 1 is 1.16 bits per heavy atom. The molecule has 0 aromatic carbocycles. The van der Waals surface area contributed by atoms with Gasteiger partial charge in [-0.3, -0.25) is 9.78 Å². The molecule has 0 bridgehead atoms. The number of rotatable bonds is 4. The predicted molar refractivity (Wildman–Crippen MR) is 96.5 cm³/mol. The molecule has 5 nitrogen and oxygen atoms in total. The Morgan fingerprint density at radius 2 is 1.96 bits per heavy atom. The molecule has 0 saturated carbocycles. The topological polar surface area (TPSA) is 55.3 Å². The minimum absolute atomic E-state index is 0.0345. The summed E-state index contributed by atoms with van der Waals surface area (Å²) < 4.78 is 5.56. The molecule has 1 unspecified atom stereocenters. The number of aromatic nitrogens is 2. The van der Waals surface area contributed by atoms with E-state index in [0.717, 1.165) is 37.8 Å². The monoisotopic (exact) mass is 339 g/mol. The van der Waals surface area contributed by atoms with Gasteiger partial charge >= 0.3 is 0 Å². The van der Waals surface area contributed by atoms with Crippen LogP contribution in [-0.2, 0) is 0 Å². The van der Waals surface area contributed by atoms with Crippen molar-refractivity contribution in [3.8, 4) is 5.88 Å². The van der Waals surface area contributed by atoms with Crippen molar-refractivity contribution < 1.29 is 9.53 Å². The molecule has 5 heteroatoms. The Kier molecular flexibility index (Phi) is 5.64. The average molecular weight is 339 g/mol. The summed E-state index contributed by atoms with van der Waals surface area (Å²) in [5, 5.41) is 0. The van der Waals surface area contributed by atoms with Crippen LogP contribution < -0.4 is 4.74 Å². The molecule has 3 rings (SSSR count). The number of nitrogens with zero attached hydrogens (tertiary/aromatic N) is 3. The minimum Gasteiger partial charge on any atom is -0.475 e. The summed E-state index contributed by atoms with van der Waals surface area (Å²) in [6, 6.07) is 7.69. The Morgan fingerprint density at radius 3 is 2.64 bits per heavy atom. The first kappa shape index (κ1) is 17.4. The van der Waals surface area contributed by atoms with E-state index < -0.39 is 0 Å². The fraction of sp³-hybridized carbons (Fsp3) is 0.450. The van der Waals surface area contributed by atoms with E-state index in [2.05, 4.69) is 9.97 Å². The molecule has 132 valence electrons. The second-order valence-corrected chi connectivity index (χ2v) is 6.70. The van der Waals surface area contributed by atoms with Gasteiger partial charge in [-0.05, 0) is 50.5 Å². The lowest BCUT2D eigenvalue weighted by Gasteiger charge is -2.30. The van der Waals surface area contributed by atoms with E-state index in [1.165, 1.54) is 0 Å². The molecule has 25 heavy (non-hydrogen) atoms. The normalized spacial score (nSPS) is 18.0. The maximum absolute atomic E-state index is 13.1. The van der Waals surface area contributed by atoms with Crippen LogP contribution >= 0.6 is 0 Å². The Hall–Kier alpha value is -2.43. The zero-order valence-corrected chi connectivity index (χ0v) is 14.9. The molecule has 1 aliphatic heterocycles. The zero-order chi connectivity index (χ0) is 17.6. The Bertz CT molecular complexity index is 686. The maximum Gasteiger partial charge on any atom is 0.255 e. The van der Waals surface area contributed by atoms with Gasteiger partial charge in [-0.1, -0.05) is 12.8 Å². The first-order chi connectivity index (χ1) is 12.1. The summed E-state index contributed by atoms with van der Waals surface area (Å²) in [7, 11) is 0. The van der Waals surface area contributed by atoms with Gasteiger partial charge in [-0.2, -0.15) is 0 Å². The molecule has 1 aliphatic rings. The summed E-state index contributed by atoms with van der Waals surface area (Å²) >= 11 is 0. The van der Waals surface area contributed by atoms with Crippen molar-refractivity contribution >= 4 is 5.91 Å². The van der Waals surface area contributed by atoms with Crippen LogP contribution in [0.2, 0.25) is 0 Å². The molecule has 0 spiro atoms. The number of carbonyl (C=O) groups excluding carboxylic acids is 1. The number of hydrogen-bond acceptors (Lipinski definition) is 4. The summed E-state index contributed by atoms with van der Waals surface area (Å²) in [5.41, 5.74) is 1.76. The number of ether oxygens (including phenoxy) is 1. The summed E-state index contributed by atoms with van der Waals surface area (Å²) in [6.45, 7) is 4.69. The largest absolute Gasteiger partial charge is 0.475 e. The van der Waals surface area contributed by atoms with Crippen molar-refractivity contribution in [1.82, 2.24) is 14.9 Å². The van der Waals surface area contributed by atoms with Crippen LogP contribution in [0.15, 0.2) is 42.9 Å². The van der Waals surface area contributed by atoms with Crippen molar-refractivity contribution in [2.75, 3.05) is 6.54 Å². The van der Waals surface area contributed by atoms with Crippen LogP contribution in [0.5, 0.6) is 5.88 Å². The van der Waals surface area contributed by atoms with E-state index in [1.54, 1.807) is 24.7 Å². The van der Waals surface area contributed by atoms with Gasteiger partial charge < -0.3 is 9.64 Å². The second-order valence-electron chi connectivity index (χ2n) is 6.70. The van der Waals surface area contributed by atoms with Crippen LogP contribution in [0.4, 0.5) is 0 Å². The van der Waals surface area contributed by atoms with Crippen molar-refractivity contribution in [3.05, 3.63) is 54.0 Å². The molecule has 1 fully saturated rings. The number of hydrogen-bond donors (Lipinski definition) is 0. The predicted octanol–water partition coefficient (Wildman–Crippen LogP) is 4.02. The van der Waals surface area contributed by atoms with Crippen LogP contribution in [0.25, 0.3) is 0 Å². The quantitative estimate of drug-likeness (QED) is 0.844. The van der Waals surface area contributed by atoms with Gasteiger partial charge in [-0.25, -0.2) is 4.98 Å². The lowest BCUT2D eigenvalue weighted by Crippen LogP contribution is -2.34. The highest BCUT2D eigenvalue weighted by atomic mass is 16.5. The highest BCUT2D eigenvalue weighted by Crippen LogP contribution is 2.31. The van der Waals surface area contributed by atoms with Gasteiger partial charge in [0.1, 0.15) is 0 Å². The highest BCUT2D eigenvalue weighted by molar-refractivity contribution is 5.94. The van der Waals surface area contributed by atoms with Crippen LogP contribution in [-0.4, -0.2) is 33.4 Å². The average Bonchev–Trinajstić information content (AvgIpc) is 2.88. The van der Waals surface area contributed by atoms with Crippen LogP contribution in [0, 0.1) is 0 Å². The number of carbonyl (C=O) groups is 1. The molecule has 0 N–H and O–H groups in total. The molecule has 0 radical (unpaired) electrons. The van der Waals surface area contributed by atoms with Gasteiger partial charge in [0.15, 0.2) is 0 Å². The lowest BCUT2D eigenvalue weighted by atomic mass is 10.0. The molecular formula is C20H25N3O2. The maximum atomic E-state index is 13.1. The van der Waals surface area contributed by atoms with Gasteiger partial charge in [0.2, 0.25) is 5.88 Å². The second kappa shape index (κ2) is 8.10. The fourth-order valence-corrected chi connectivity index (χ4v) is 3.27. The van der Waals surface area contributed by atoms with E-state index in [9.17, 15) is 4.79 Å². The van der Waals surface area contributed by atoms with Crippen molar-refractivity contribution in [2.24, 2.45) is 0 Å². The van der Waals surface area contributed by atoms with E-state index in [1.807, 2.05) is 36.9 Å². The first-order valence-corrected chi connectivity index (χ1v) is 8.99. The zero-order valence-electron chi connectivity index (χ0n) is 14.9. The summed E-state index contributed by atoms with van der Waals surface area (Å²) in [6.07, 6.45) is 9.59. The Balaban J connectivity index is 1.82. The van der Waals surface area contributed by atoms with Gasteiger partial charge in [0, 0.05) is 31.2 Å². The lowest BCUT2D eigenvalue weighted by molar-refractivity contribution is 0.0680. The van der Waals surface area contributed by atoms with E-state index >= 15 is 0 Å². The summed E-state index contributed by atoms with van der Waals surface area (Å²) in [5.74, 6) is 0.584. The smallest absolute Gasteiger partial charge is 0.255 e. The van der Waals surface area contributed by atoms with E-state index in [0.29, 0.717) is 11.4 Å². The SMILES string of the molecule is CC(C)Oc1ccc(C(=O)N2CCCCCC2c2ccncc2)cn1. The van der Waals surface area contributed by atoms with Crippen LogP contribution in [0.1, 0.15) is 61.5 Å². The van der Waals surface area contributed by atoms with E-state index in [-0.39, 0.29) is 18.1 Å².